The van der Waals surface area contributed by atoms with Gasteiger partial charge in [0.25, 0.3) is 11.8 Å². The van der Waals surface area contributed by atoms with E-state index in [4.69, 9.17) is 16.0 Å². The second kappa shape index (κ2) is 8.76. The zero-order valence-electron chi connectivity index (χ0n) is 17.0. The summed E-state index contributed by atoms with van der Waals surface area (Å²) in [5.74, 6) is 0.0248. The Morgan fingerprint density at radius 2 is 1.73 bits per heavy atom. The lowest BCUT2D eigenvalue weighted by Gasteiger charge is -2.31. The van der Waals surface area contributed by atoms with Crippen LogP contribution in [0.5, 0.6) is 0 Å². The maximum absolute atomic E-state index is 14.1. The lowest BCUT2D eigenvalue weighted by atomic mass is 9.96. The molecule has 0 atom stereocenters. The zero-order chi connectivity index (χ0) is 21.3. The number of oxazole rings is 1. The van der Waals surface area contributed by atoms with Gasteiger partial charge in [-0.1, -0.05) is 17.7 Å². The van der Waals surface area contributed by atoms with Crippen molar-refractivity contribution in [3.05, 3.63) is 51.9 Å². The van der Waals surface area contributed by atoms with Crippen LogP contribution < -0.4 is 0 Å². The number of aromatic nitrogens is 1. The fourth-order valence-corrected chi connectivity index (χ4v) is 4.47. The summed E-state index contributed by atoms with van der Waals surface area (Å²) < 4.78 is 19.9. The Bertz CT molecular complexity index is 927. The Balaban J connectivity index is 1.42. The number of hydrogen-bond donors (Lipinski definition) is 0. The second-order valence-electron chi connectivity index (χ2n) is 7.97. The highest BCUT2D eigenvalue weighted by atomic mass is 35.5. The van der Waals surface area contributed by atoms with Gasteiger partial charge in [-0.3, -0.25) is 9.59 Å². The van der Waals surface area contributed by atoms with Gasteiger partial charge in [0.1, 0.15) is 11.6 Å². The van der Waals surface area contributed by atoms with Crippen molar-refractivity contribution in [2.75, 3.05) is 26.2 Å². The van der Waals surface area contributed by atoms with Crippen LogP contribution in [0.15, 0.2) is 22.6 Å². The van der Waals surface area contributed by atoms with E-state index in [1.807, 2.05) is 4.90 Å². The molecule has 0 aliphatic carbocycles. The predicted octanol–water partition coefficient (Wildman–Crippen LogP) is 4.42. The Kier molecular flexibility index (Phi) is 6.09. The summed E-state index contributed by atoms with van der Waals surface area (Å²) in [5.41, 5.74) is 0.308. The first-order valence-corrected chi connectivity index (χ1v) is 10.8. The minimum absolute atomic E-state index is 0.0201. The standard InChI is InChI=1S/C22H25ClFN3O3/c1-14-19(22(29)26-10-3-2-4-11-26)25-20(30-14)15-8-12-27(13-9-15)21(28)18-16(23)6-5-7-17(18)24/h5-7,15H,2-4,8-13H2,1H3. The second-order valence-corrected chi connectivity index (χ2v) is 8.38. The van der Waals surface area contributed by atoms with Crippen molar-refractivity contribution in [3.63, 3.8) is 0 Å². The summed E-state index contributed by atoms with van der Waals surface area (Å²) in [5, 5.41) is 0.117. The fraction of sp³-hybridized carbons (Fsp3) is 0.500. The van der Waals surface area contributed by atoms with Crippen molar-refractivity contribution in [2.24, 2.45) is 0 Å². The molecule has 3 heterocycles. The van der Waals surface area contributed by atoms with E-state index in [-0.39, 0.29) is 22.4 Å². The average molecular weight is 434 g/mol. The summed E-state index contributed by atoms with van der Waals surface area (Å²) in [7, 11) is 0. The molecule has 0 radical (unpaired) electrons. The number of nitrogens with zero attached hydrogens (tertiary/aromatic N) is 3. The molecule has 2 aliphatic heterocycles. The van der Waals surface area contributed by atoms with E-state index in [0.717, 1.165) is 32.4 Å². The third kappa shape index (κ3) is 4.08. The summed E-state index contributed by atoms with van der Waals surface area (Å²) in [6.07, 6.45) is 4.47. The van der Waals surface area contributed by atoms with E-state index >= 15 is 0 Å². The van der Waals surface area contributed by atoms with Gasteiger partial charge in [-0.2, -0.15) is 0 Å². The number of carbonyl (C=O) groups is 2. The van der Waals surface area contributed by atoms with Crippen molar-refractivity contribution < 1.29 is 18.4 Å². The van der Waals surface area contributed by atoms with Crippen LogP contribution in [0.4, 0.5) is 4.39 Å². The van der Waals surface area contributed by atoms with Crippen LogP contribution in [-0.2, 0) is 0 Å². The van der Waals surface area contributed by atoms with Crippen molar-refractivity contribution >= 4 is 23.4 Å². The first-order chi connectivity index (χ1) is 14.5. The molecular weight excluding hydrogens is 409 g/mol. The van der Waals surface area contributed by atoms with Crippen molar-refractivity contribution in [2.45, 2.75) is 44.9 Å². The number of halogens is 2. The molecule has 30 heavy (non-hydrogen) atoms. The number of rotatable bonds is 3. The molecule has 1 aromatic carbocycles. The van der Waals surface area contributed by atoms with E-state index in [1.165, 1.54) is 18.2 Å². The molecule has 0 spiro atoms. The SMILES string of the molecule is Cc1oc(C2CCN(C(=O)c3c(F)cccc3Cl)CC2)nc1C(=O)N1CCCCC1. The van der Waals surface area contributed by atoms with E-state index in [2.05, 4.69) is 4.98 Å². The molecule has 2 saturated heterocycles. The molecular formula is C22H25ClFN3O3. The Labute approximate surface area is 180 Å². The van der Waals surface area contributed by atoms with Gasteiger partial charge in [-0.15, -0.1) is 0 Å². The Hall–Kier alpha value is -2.41. The van der Waals surface area contributed by atoms with E-state index in [9.17, 15) is 14.0 Å². The highest BCUT2D eigenvalue weighted by Crippen LogP contribution is 2.31. The monoisotopic (exact) mass is 433 g/mol. The van der Waals surface area contributed by atoms with Gasteiger partial charge in [0.2, 0.25) is 0 Å². The highest BCUT2D eigenvalue weighted by molar-refractivity contribution is 6.33. The zero-order valence-corrected chi connectivity index (χ0v) is 17.8. The first-order valence-electron chi connectivity index (χ1n) is 10.5. The van der Waals surface area contributed by atoms with Crippen LogP contribution in [0, 0.1) is 12.7 Å². The summed E-state index contributed by atoms with van der Waals surface area (Å²) in [6.45, 7) is 4.20. The van der Waals surface area contributed by atoms with Crippen molar-refractivity contribution in [3.8, 4) is 0 Å². The van der Waals surface area contributed by atoms with E-state index < -0.39 is 11.7 Å². The molecule has 0 unspecified atom stereocenters. The van der Waals surface area contributed by atoms with Crippen molar-refractivity contribution in [1.29, 1.82) is 0 Å². The predicted molar refractivity (Wildman–Crippen MR) is 110 cm³/mol. The molecule has 6 nitrogen and oxygen atoms in total. The lowest BCUT2D eigenvalue weighted by Crippen LogP contribution is -2.38. The average Bonchev–Trinajstić information content (AvgIpc) is 3.15. The third-order valence-electron chi connectivity index (χ3n) is 5.97. The molecule has 2 aromatic rings. The normalized spacial score (nSPS) is 18.0. The maximum atomic E-state index is 14.1. The smallest absolute Gasteiger partial charge is 0.276 e. The van der Waals surface area contributed by atoms with Gasteiger partial charge in [-0.25, -0.2) is 9.37 Å². The van der Waals surface area contributed by atoms with Crippen molar-refractivity contribution in [1.82, 2.24) is 14.8 Å². The molecule has 0 saturated carbocycles. The number of piperidine rings is 2. The topological polar surface area (TPSA) is 66.7 Å². The number of amides is 2. The quantitative estimate of drug-likeness (QED) is 0.718. The summed E-state index contributed by atoms with van der Waals surface area (Å²) >= 11 is 6.03. The van der Waals surface area contributed by atoms with Gasteiger partial charge in [0.05, 0.1) is 10.6 Å². The number of carbonyl (C=O) groups excluding carboxylic acids is 2. The van der Waals surface area contributed by atoms with E-state index in [0.29, 0.717) is 43.3 Å². The van der Waals surface area contributed by atoms with Crippen LogP contribution in [0.3, 0.4) is 0 Å². The maximum Gasteiger partial charge on any atom is 0.276 e. The molecule has 0 N–H and O–H groups in total. The molecule has 8 heteroatoms. The third-order valence-corrected chi connectivity index (χ3v) is 6.28. The Morgan fingerprint density at radius 3 is 2.40 bits per heavy atom. The van der Waals surface area contributed by atoms with Gasteiger partial charge >= 0.3 is 0 Å². The number of benzene rings is 1. The highest BCUT2D eigenvalue weighted by Gasteiger charge is 2.31. The fourth-order valence-electron chi connectivity index (χ4n) is 4.23. The van der Waals surface area contributed by atoms with Crippen LogP contribution in [0.25, 0.3) is 0 Å². The number of aryl methyl sites for hydroxylation is 1. The first kappa shape index (κ1) is 20.8. The Morgan fingerprint density at radius 1 is 1.07 bits per heavy atom. The number of likely N-dealkylation sites (tertiary alicyclic amines) is 2. The molecule has 160 valence electrons. The molecule has 1 aromatic heterocycles. The minimum atomic E-state index is -0.612. The summed E-state index contributed by atoms with van der Waals surface area (Å²) in [6, 6.07) is 4.23. The van der Waals surface area contributed by atoms with E-state index in [1.54, 1.807) is 11.8 Å². The van der Waals surface area contributed by atoms with Gasteiger partial charge in [0, 0.05) is 32.1 Å². The lowest BCUT2D eigenvalue weighted by molar-refractivity contribution is 0.0700. The van der Waals surface area contributed by atoms with Gasteiger partial charge in [-0.05, 0) is 51.2 Å². The largest absolute Gasteiger partial charge is 0.445 e. The van der Waals surface area contributed by atoms with Crippen LogP contribution >= 0.6 is 11.6 Å². The van der Waals surface area contributed by atoms with Crippen LogP contribution in [0.2, 0.25) is 5.02 Å². The van der Waals surface area contributed by atoms with Gasteiger partial charge in [0.15, 0.2) is 11.6 Å². The van der Waals surface area contributed by atoms with Gasteiger partial charge < -0.3 is 14.2 Å². The number of hydrogen-bond acceptors (Lipinski definition) is 4. The molecule has 4 rings (SSSR count). The molecule has 2 aliphatic rings. The molecule has 2 fully saturated rings. The minimum Gasteiger partial charge on any atom is -0.445 e. The van der Waals surface area contributed by atoms with Crippen LogP contribution in [0.1, 0.15) is 70.5 Å². The molecule has 0 bridgehead atoms. The molecule has 2 amide bonds. The summed E-state index contributed by atoms with van der Waals surface area (Å²) in [4.78, 5) is 33.5. The van der Waals surface area contributed by atoms with Crippen LogP contribution in [-0.4, -0.2) is 52.8 Å².